The van der Waals surface area contributed by atoms with Crippen molar-refractivity contribution < 1.29 is 13.4 Å². The van der Waals surface area contributed by atoms with Crippen molar-refractivity contribution in [3.8, 4) is 0 Å². The fourth-order valence-corrected chi connectivity index (χ4v) is 2.51. The molecule has 1 aromatic carbocycles. The minimum absolute atomic E-state index is 0.967. The van der Waals surface area contributed by atoms with E-state index in [1.807, 2.05) is 12.1 Å². The molecule has 0 fully saturated rings. The van der Waals surface area contributed by atoms with E-state index in [4.69, 9.17) is 4.42 Å². The maximum absolute atomic E-state index is 6.00. The number of fused-ring (bicyclic) bond motifs is 1. The van der Waals surface area contributed by atoms with Gasteiger partial charge < -0.3 is 13.4 Å². The number of benzene rings is 1. The average Bonchev–Trinajstić information content (AvgIpc) is 2.87. The number of rotatable bonds is 7. The smallest absolute Gasteiger partial charge is 0.159 e. The van der Waals surface area contributed by atoms with Gasteiger partial charge in [0.05, 0.1) is 34.2 Å². The first-order valence-corrected chi connectivity index (χ1v) is 8.00. The molecule has 0 spiro atoms. The molecular formula is C18H30N2O+2. The highest BCUT2D eigenvalue weighted by atomic mass is 16.3. The maximum atomic E-state index is 6.00. The van der Waals surface area contributed by atoms with Gasteiger partial charge in [-0.2, -0.15) is 0 Å². The summed E-state index contributed by atoms with van der Waals surface area (Å²) in [6.45, 7) is 10.2. The van der Waals surface area contributed by atoms with E-state index in [0.29, 0.717) is 0 Å². The molecule has 0 bridgehead atoms. The summed E-state index contributed by atoms with van der Waals surface area (Å²) >= 11 is 0. The zero-order valence-electron chi connectivity index (χ0n) is 14.2. The molecule has 3 heteroatoms. The van der Waals surface area contributed by atoms with E-state index in [1.165, 1.54) is 25.0 Å². The molecule has 3 nitrogen and oxygen atoms in total. The Kier molecular flexibility index (Phi) is 4.74. The van der Waals surface area contributed by atoms with Crippen molar-refractivity contribution in [1.29, 1.82) is 0 Å². The SMILES string of the molecule is CC[N+](C)(C)CC[N@@+](C)(CC)Cc1cc2ccccc2o1. The molecular weight excluding hydrogens is 260 g/mol. The average molecular weight is 290 g/mol. The van der Waals surface area contributed by atoms with Gasteiger partial charge in [0.2, 0.25) is 0 Å². The third kappa shape index (κ3) is 4.08. The predicted octanol–water partition coefficient (Wildman–Crippen LogP) is 3.50. The molecule has 0 amide bonds. The van der Waals surface area contributed by atoms with Crippen molar-refractivity contribution in [3.63, 3.8) is 0 Å². The van der Waals surface area contributed by atoms with Crippen LogP contribution >= 0.6 is 0 Å². The van der Waals surface area contributed by atoms with Gasteiger partial charge in [-0.1, -0.05) is 18.2 Å². The topological polar surface area (TPSA) is 13.1 Å². The standard InChI is InChI=1S/C18H30N2O/c1-6-19(3,4)12-13-20(5,7-2)15-17-14-16-10-8-9-11-18(16)21-17/h8-11,14H,6-7,12-13,15H2,1-5H3/q+2/t20-/m1/s1. The van der Waals surface area contributed by atoms with Crippen LogP contribution in [0.3, 0.4) is 0 Å². The monoisotopic (exact) mass is 290 g/mol. The number of hydrogen-bond donors (Lipinski definition) is 0. The van der Waals surface area contributed by atoms with Gasteiger partial charge in [0.1, 0.15) is 25.2 Å². The van der Waals surface area contributed by atoms with Gasteiger partial charge in [-0.3, -0.25) is 0 Å². The number of furan rings is 1. The summed E-state index contributed by atoms with van der Waals surface area (Å²) in [4.78, 5) is 0. The Labute approximate surface area is 128 Å². The second kappa shape index (κ2) is 6.20. The normalized spacial score (nSPS) is 15.3. The lowest BCUT2D eigenvalue weighted by Crippen LogP contribution is -2.52. The Morgan fingerprint density at radius 2 is 1.67 bits per heavy atom. The zero-order chi connectivity index (χ0) is 15.5. The highest BCUT2D eigenvalue weighted by Gasteiger charge is 2.26. The Morgan fingerprint density at radius 1 is 0.952 bits per heavy atom. The quantitative estimate of drug-likeness (QED) is 0.711. The van der Waals surface area contributed by atoms with Crippen LogP contribution in [-0.4, -0.2) is 56.3 Å². The minimum Gasteiger partial charge on any atom is -0.455 e. The van der Waals surface area contributed by atoms with Crippen molar-refractivity contribution >= 4 is 11.0 Å². The van der Waals surface area contributed by atoms with Crippen LogP contribution in [0, 0.1) is 0 Å². The van der Waals surface area contributed by atoms with E-state index in [1.54, 1.807) is 0 Å². The molecule has 0 radical (unpaired) electrons. The summed E-state index contributed by atoms with van der Waals surface area (Å²) in [5.41, 5.74) is 1.000. The molecule has 1 aromatic heterocycles. The van der Waals surface area contributed by atoms with E-state index >= 15 is 0 Å². The summed E-state index contributed by atoms with van der Waals surface area (Å²) in [5.74, 6) is 1.10. The zero-order valence-corrected chi connectivity index (χ0v) is 14.2. The summed E-state index contributed by atoms with van der Waals surface area (Å²) in [5, 5.41) is 1.21. The third-order valence-corrected chi connectivity index (χ3v) is 4.88. The van der Waals surface area contributed by atoms with Gasteiger partial charge in [0.25, 0.3) is 0 Å². The van der Waals surface area contributed by atoms with Gasteiger partial charge in [-0.25, -0.2) is 0 Å². The molecule has 0 aliphatic rings. The largest absolute Gasteiger partial charge is 0.455 e. The van der Waals surface area contributed by atoms with Crippen LogP contribution in [0.2, 0.25) is 0 Å². The van der Waals surface area contributed by atoms with Crippen molar-refractivity contribution in [3.05, 3.63) is 36.1 Å². The lowest BCUT2D eigenvalue weighted by molar-refractivity contribution is -0.962. The molecule has 116 valence electrons. The third-order valence-electron chi connectivity index (χ3n) is 4.88. The lowest BCUT2D eigenvalue weighted by Gasteiger charge is -2.36. The molecule has 2 aromatic rings. The molecule has 0 unspecified atom stereocenters. The molecule has 1 atom stereocenters. The van der Waals surface area contributed by atoms with Gasteiger partial charge >= 0.3 is 0 Å². The van der Waals surface area contributed by atoms with E-state index in [2.05, 4.69) is 53.2 Å². The van der Waals surface area contributed by atoms with Gasteiger partial charge in [0.15, 0.2) is 5.76 Å². The second-order valence-corrected chi connectivity index (χ2v) is 7.04. The number of likely N-dealkylation sites (N-methyl/N-ethyl adjacent to an activating group) is 2. The fourth-order valence-electron chi connectivity index (χ4n) is 2.51. The Balaban J connectivity index is 2.09. The highest BCUT2D eigenvalue weighted by Crippen LogP contribution is 2.22. The molecule has 0 saturated heterocycles. The van der Waals surface area contributed by atoms with Gasteiger partial charge in [0, 0.05) is 5.39 Å². The van der Waals surface area contributed by atoms with Gasteiger partial charge in [-0.05, 0) is 26.0 Å². The molecule has 0 N–H and O–H groups in total. The molecule has 2 rings (SSSR count). The number of nitrogens with zero attached hydrogens (tertiary/aromatic N) is 2. The second-order valence-electron chi connectivity index (χ2n) is 7.04. The summed E-state index contributed by atoms with van der Waals surface area (Å²) in [7, 11) is 6.95. The lowest BCUT2D eigenvalue weighted by atomic mass is 10.2. The predicted molar refractivity (Wildman–Crippen MR) is 89.0 cm³/mol. The van der Waals surface area contributed by atoms with Crippen LogP contribution in [-0.2, 0) is 6.54 Å². The minimum atomic E-state index is 0.967. The summed E-state index contributed by atoms with van der Waals surface area (Å²) in [6.07, 6.45) is 0. The highest BCUT2D eigenvalue weighted by molar-refractivity contribution is 5.77. The summed E-state index contributed by atoms with van der Waals surface area (Å²) in [6, 6.07) is 10.5. The first kappa shape index (κ1) is 16.1. The number of quaternary nitrogens is 2. The number of para-hydroxylation sites is 1. The van der Waals surface area contributed by atoms with Crippen LogP contribution in [0.5, 0.6) is 0 Å². The Morgan fingerprint density at radius 3 is 2.29 bits per heavy atom. The van der Waals surface area contributed by atoms with Gasteiger partial charge in [-0.15, -0.1) is 0 Å². The van der Waals surface area contributed by atoms with E-state index in [0.717, 1.165) is 33.4 Å². The van der Waals surface area contributed by atoms with Crippen molar-refractivity contribution in [1.82, 2.24) is 0 Å². The van der Waals surface area contributed by atoms with E-state index < -0.39 is 0 Å². The Bertz CT molecular complexity index is 555. The molecule has 21 heavy (non-hydrogen) atoms. The maximum Gasteiger partial charge on any atom is 0.159 e. The van der Waals surface area contributed by atoms with Crippen LogP contribution < -0.4 is 0 Å². The van der Waals surface area contributed by atoms with Crippen molar-refractivity contribution in [2.45, 2.75) is 20.4 Å². The first-order valence-electron chi connectivity index (χ1n) is 8.00. The van der Waals surface area contributed by atoms with Crippen LogP contribution in [0.4, 0.5) is 0 Å². The number of hydrogen-bond acceptors (Lipinski definition) is 1. The van der Waals surface area contributed by atoms with E-state index in [9.17, 15) is 0 Å². The Hall–Kier alpha value is -1.32. The molecule has 1 heterocycles. The van der Waals surface area contributed by atoms with E-state index in [-0.39, 0.29) is 0 Å². The molecule has 0 aliphatic heterocycles. The molecule has 0 saturated carbocycles. The van der Waals surface area contributed by atoms with Crippen LogP contribution in [0.15, 0.2) is 34.7 Å². The molecule has 0 aliphatic carbocycles. The van der Waals surface area contributed by atoms with Crippen molar-refractivity contribution in [2.24, 2.45) is 0 Å². The summed E-state index contributed by atoms with van der Waals surface area (Å²) < 4.78 is 8.11. The van der Waals surface area contributed by atoms with Crippen LogP contribution in [0.1, 0.15) is 19.6 Å². The van der Waals surface area contributed by atoms with Crippen LogP contribution in [0.25, 0.3) is 11.0 Å². The first-order chi connectivity index (χ1) is 9.87. The fraction of sp³-hybridized carbons (Fsp3) is 0.556. The van der Waals surface area contributed by atoms with Crippen molar-refractivity contribution in [2.75, 3.05) is 47.3 Å².